The molecule has 3 saturated heterocycles. The number of carbonyl (C=O) groups excluding carboxylic acids is 1. The first kappa shape index (κ1) is 29.2. The van der Waals surface area contributed by atoms with Gasteiger partial charge in [-0.1, -0.05) is 0 Å². The first-order valence-electron chi connectivity index (χ1n) is 14.0. The molecule has 6 aliphatic rings. The number of nitrogens with two attached hydrogens (primary N) is 2. The maximum atomic E-state index is 16.5. The number of hydrogen-bond donors (Lipinski definition) is 5. The summed E-state index contributed by atoms with van der Waals surface area (Å²) in [7, 11) is -10.4. The van der Waals surface area contributed by atoms with E-state index in [1.54, 1.807) is 0 Å². The second-order valence-corrected chi connectivity index (χ2v) is 15.0. The molecule has 1 amide bonds. The van der Waals surface area contributed by atoms with Crippen LogP contribution in [0.4, 0.5) is 14.6 Å². The minimum atomic E-state index is -5.18. The molecule has 3 saturated carbocycles. The van der Waals surface area contributed by atoms with Crippen LogP contribution in [-0.4, -0.2) is 99.0 Å². The number of anilines is 1. The van der Waals surface area contributed by atoms with Crippen LogP contribution >= 0.6 is 15.6 Å². The van der Waals surface area contributed by atoms with Crippen LogP contribution in [0, 0.1) is 0 Å². The van der Waals surface area contributed by atoms with Crippen molar-refractivity contribution < 1.29 is 60.1 Å². The maximum Gasteiger partial charge on any atom is 0.473 e. The zero-order chi connectivity index (χ0) is 32.2. The lowest BCUT2D eigenvalue weighted by Crippen LogP contribution is -2.36. The number of phosphoric ester groups is 2. The largest absolute Gasteiger partial charge is 0.473 e. The van der Waals surface area contributed by atoms with Crippen molar-refractivity contribution in [1.82, 2.24) is 29.7 Å². The lowest BCUT2D eigenvalue weighted by atomic mass is 10.1. The molecule has 3 aromatic rings. The Morgan fingerprint density at radius 2 is 1.72 bits per heavy atom. The molecule has 246 valence electrons. The summed E-state index contributed by atoms with van der Waals surface area (Å²) in [6.45, 7) is 0. The molecule has 7 N–H and O–H groups in total. The number of primary amides is 1. The summed E-state index contributed by atoms with van der Waals surface area (Å²) >= 11 is 0. The first-order chi connectivity index (χ1) is 21.7. The van der Waals surface area contributed by atoms with Gasteiger partial charge in [0.15, 0.2) is 23.8 Å². The highest BCUT2D eigenvalue weighted by Gasteiger charge is 2.84. The summed E-state index contributed by atoms with van der Waals surface area (Å²) < 4.78 is 94.2. The second-order valence-electron chi connectivity index (χ2n) is 12.3. The maximum absolute atomic E-state index is 16.5. The summed E-state index contributed by atoms with van der Waals surface area (Å²) in [6.07, 6.45) is -10.1. The van der Waals surface area contributed by atoms with Gasteiger partial charge in [-0.15, -0.1) is 0 Å². The molecule has 13 atom stereocenters. The number of phosphoric acid groups is 2. The molecule has 0 aromatic carbocycles. The van der Waals surface area contributed by atoms with Gasteiger partial charge in [-0.25, -0.2) is 32.9 Å². The van der Waals surface area contributed by atoms with Crippen LogP contribution in [0.25, 0.3) is 11.2 Å². The number of H-pyrrole nitrogens is 1. The predicted molar refractivity (Wildman–Crippen MR) is 142 cm³/mol. The number of hydrogen-bond acceptors (Lipinski definition) is 14. The number of aromatic nitrogens is 6. The summed E-state index contributed by atoms with van der Waals surface area (Å²) in [6, 6.07) is 0.413. The lowest BCUT2D eigenvalue weighted by molar-refractivity contribution is -0.0603. The predicted octanol–water partition coefficient (Wildman–Crippen LogP) is 0.432. The van der Waals surface area contributed by atoms with E-state index >= 15 is 8.78 Å². The topological polar surface area (TPSA) is 271 Å². The van der Waals surface area contributed by atoms with Crippen molar-refractivity contribution in [3.05, 3.63) is 30.1 Å². The highest BCUT2D eigenvalue weighted by Crippen LogP contribution is 2.73. The highest BCUT2D eigenvalue weighted by molar-refractivity contribution is 7.47. The number of nitrogens with one attached hydrogen (secondary N) is 1. The Balaban J connectivity index is 1.05. The Morgan fingerprint density at radius 1 is 1.00 bits per heavy atom. The highest BCUT2D eigenvalue weighted by atomic mass is 31.2. The van der Waals surface area contributed by atoms with Crippen LogP contribution in [-0.2, 0) is 36.7 Å². The molecular weight excluding hydrogens is 664 g/mol. The number of carbonyl (C=O) groups is 1. The minimum Gasteiger partial charge on any atom is -0.382 e. The van der Waals surface area contributed by atoms with Crippen LogP contribution in [0.1, 0.15) is 47.6 Å². The van der Waals surface area contributed by atoms with Crippen molar-refractivity contribution >= 4 is 38.5 Å². The van der Waals surface area contributed by atoms with E-state index < -0.39 is 87.3 Å². The summed E-state index contributed by atoms with van der Waals surface area (Å²) in [5.74, 6) is -0.816. The molecule has 46 heavy (non-hydrogen) atoms. The average Bonchev–Trinajstić information content (AvgIpc) is 3.82. The van der Waals surface area contributed by atoms with Crippen molar-refractivity contribution in [1.29, 1.82) is 0 Å². The zero-order valence-electron chi connectivity index (χ0n) is 23.1. The van der Waals surface area contributed by atoms with E-state index in [0.717, 1.165) is 6.07 Å². The van der Waals surface area contributed by atoms with E-state index in [1.165, 1.54) is 17.2 Å². The van der Waals surface area contributed by atoms with Gasteiger partial charge in [0.2, 0.25) is 0 Å². The van der Waals surface area contributed by atoms with Gasteiger partial charge in [0.05, 0.1) is 18.1 Å². The van der Waals surface area contributed by atoms with E-state index in [0.29, 0.717) is 5.65 Å². The standard InChI is InChI=1S/C23H24F2N8O11P2/c24-15-14-13(7-1-8(19(27)34)32-31-7)39-22(15)3-10(22)40-46(37,38)43-17-16(25)21(44-23(17)4-11(23)41-45(35,36)42-14)2-9(21)33-6-30-12-18(26)28-5-29-20(12)33/h1,5-6,9-11,13-17H,2-4H2,(H2,27,34)(H,31,32)(H,35,36)(H,37,38)(H2,26,28,29)/t9?,10-,11?,13-,14-,15-,16+,17-,21?,22?,23?/m0/s1. The summed E-state index contributed by atoms with van der Waals surface area (Å²) in [5, 5.41) is 6.18. The van der Waals surface area contributed by atoms with Crippen LogP contribution in [0.15, 0.2) is 18.7 Å². The fourth-order valence-corrected chi connectivity index (χ4v) is 9.50. The molecule has 3 aliphatic heterocycles. The number of alkyl halides is 2. The van der Waals surface area contributed by atoms with Crippen molar-refractivity contribution in [2.75, 3.05) is 5.73 Å². The number of nitrogen functional groups attached to an aromatic ring is 1. The number of halogens is 2. The number of aromatic amines is 1. The molecular formula is C23H24F2N8O11P2. The second kappa shape index (κ2) is 8.93. The Morgan fingerprint density at radius 3 is 2.46 bits per heavy atom. The quantitative estimate of drug-likeness (QED) is 0.233. The molecule has 6 heterocycles. The van der Waals surface area contributed by atoms with Gasteiger partial charge in [0.25, 0.3) is 5.91 Å². The number of fused-ring (bicyclic) bond motifs is 2. The number of amides is 1. The molecule has 23 heteroatoms. The van der Waals surface area contributed by atoms with Gasteiger partial charge in [0.1, 0.15) is 64.9 Å². The number of nitrogens with zero attached hydrogens (tertiary/aromatic N) is 5. The average molecular weight is 688 g/mol. The van der Waals surface area contributed by atoms with Crippen molar-refractivity contribution in [2.24, 2.45) is 5.73 Å². The Kier molecular flexibility index (Phi) is 5.66. The van der Waals surface area contributed by atoms with E-state index in [2.05, 4.69) is 25.1 Å². The first-order valence-corrected chi connectivity index (χ1v) is 17.0. The summed E-state index contributed by atoms with van der Waals surface area (Å²) in [4.78, 5) is 45.5. The fourth-order valence-electron chi connectivity index (χ4n) is 7.16. The molecule has 19 nitrogen and oxygen atoms in total. The number of rotatable bonds is 3. The van der Waals surface area contributed by atoms with Crippen molar-refractivity contribution in [2.45, 2.75) is 85.0 Å². The van der Waals surface area contributed by atoms with Crippen LogP contribution in [0.5, 0.6) is 0 Å². The molecule has 2 bridgehead atoms. The number of ether oxygens (including phenoxy) is 2. The Hall–Kier alpha value is -2.97. The van der Waals surface area contributed by atoms with E-state index in [1.807, 2.05) is 0 Å². The van der Waals surface area contributed by atoms with Crippen molar-refractivity contribution in [3.63, 3.8) is 0 Å². The lowest BCUT2D eigenvalue weighted by Gasteiger charge is -2.24. The molecule has 6 fully saturated rings. The van der Waals surface area contributed by atoms with Crippen LogP contribution in [0.2, 0.25) is 0 Å². The zero-order valence-corrected chi connectivity index (χ0v) is 24.9. The van der Waals surface area contributed by atoms with E-state index in [-0.39, 0.29) is 42.0 Å². The van der Waals surface area contributed by atoms with Gasteiger partial charge in [-0.05, 0) is 6.07 Å². The Labute approximate surface area is 255 Å². The monoisotopic (exact) mass is 688 g/mol. The van der Waals surface area contributed by atoms with E-state index in [9.17, 15) is 23.7 Å². The molecule has 0 radical (unpaired) electrons. The normalized spacial score (nSPS) is 49.0. The fraction of sp³-hybridized carbons (Fsp3) is 0.609. The third kappa shape index (κ3) is 3.95. The van der Waals surface area contributed by atoms with Crippen LogP contribution < -0.4 is 11.5 Å². The van der Waals surface area contributed by atoms with Gasteiger partial charge < -0.3 is 35.3 Å². The molecule has 3 spiro atoms. The Bertz CT molecular complexity index is 1930. The molecule has 7 unspecified atom stereocenters. The molecule has 3 aliphatic carbocycles. The SMILES string of the molecule is NC(=O)c1cc([C@@H]2OC34C[C@@H]3OP(=O)(O)O[C@H]3[C@@H](F)C5(CC5n5cnc6c(N)ncnc65)OC35CC5OP(=O)(O)O[C@@H]2[C@@H]4F)[nH]n1. The molecule has 9 rings (SSSR count). The van der Waals surface area contributed by atoms with Gasteiger partial charge in [0, 0.05) is 19.3 Å². The number of imidazole rings is 1. The summed E-state index contributed by atoms with van der Waals surface area (Å²) in [5.41, 5.74) is 6.04. The van der Waals surface area contributed by atoms with Crippen molar-refractivity contribution in [3.8, 4) is 0 Å². The molecule has 3 aromatic heterocycles. The third-order valence-electron chi connectivity index (χ3n) is 9.59. The van der Waals surface area contributed by atoms with Crippen LogP contribution in [0.3, 0.4) is 0 Å². The van der Waals surface area contributed by atoms with Gasteiger partial charge in [-0.2, -0.15) is 5.10 Å². The smallest absolute Gasteiger partial charge is 0.382 e. The van der Waals surface area contributed by atoms with Gasteiger partial charge in [-0.3, -0.25) is 28.0 Å². The van der Waals surface area contributed by atoms with Gasteiger partial charge >= 0.3 is 15.6 Å². The third-order valence-corrected chi connectivity index (χ3v) is 11.6. The minimum absolute atomic E-state index is 0.0392. The van der Waals surface area contributed by atoms with E-state index in [4.69, 9.17) is 39.0 Å².